The highest BCUT2D eigenvalue weighted by atomic mass is 16.5. The van der Waals surface area contributed by atoms with Gasteiger partial charge in [0, 0.05) is 31.2 Å². The van der Waals surface area contributed by atoms with Crippen LogP contribution in [0, 0.1) is 0 Å². The second kappa shape index (κ2) is 6.59. The van der Waals surface area contributed by atoms with E-state index in [9.17, 15) is 0 Å². The maximum atomic E-state index is 5.33. The van der Waals surface area contributed by atoms with E-state index in [2.05, 4.69) is 49.2 Å². The van der Waals surface area contributed by atoms with Gasteiger partial charge in [0.1, 0.15) is 5.75 Å². The van der Waals surface area contributed by atoms with Gasteiger partial charge in [-0.05, 0) is 38.0 Å². The van der Waals surface area contributed by atoms with Gasteiger partial charge in [-0.25, -0.2) is 0 Å². The highest BCUT2D eigenvalue weighted by molar-refractivity contribution is 5.28. The minimum Gasteiger partial charge on any atom is -0.497 e. The lowest BCUT2D eigenvalue weighted by molar-refractivity contribution is 0.0826. The van der Waals surface area contributed by atoms with Crippen molar-refractivity contribution in [2.24, 2.45) is 0 Å². The molecule has 0 amide bonds. The van der Waals surface area contributed by atoms with E-state index in [0.717, 1.165) is 25.4 Å². The topological polar surface area (TPSA) is 24.5 Å². The highest BCUT2D eigenvalue weighted by Crippen LogP contribution is 2.22. The van der Waals surface area contributed by atoms with Crippen molar-refractivity contribution in [2.75, 3.05) is 20.2 Å². The lowest BCUT2D eigenvalue weighted by atomic mass is 9.96. The van der Waals surface area contributed by atoms with Crippen molar-refractivity contribution in [1.29, 1.82) is 0 Å². The van der Waals surface area contributed by atoms with Crippen molar-refractivity contribution < 1.29 is 4.74 Å². The summed E-state index contributed by atoms with van der Waals surface area (Å²) in [6.45, 7) is 10.0. The van der Waals surface area contributed by atoms with Crippen LogP contribution in [0.2, 0.25) is 0 Å². The van der Waals surface area contributed by atoms with Gasteiger partial charge in [0.2, 0.25) is 0 Å². The summed E-state index contributed by atoms with van der Waals surface area (Å²) in [5.41, 5.74) is 1.53. The molecule has 1 unspecified atom stereocenters. The molecule has 20 heavy (non-hydrogen) atoms. The maximum Gasteiger partial charge on any atom is 0.119 e. The van der Waals surface area contributed by atoms with E-state index in [-0.39, 0.29) is 5.54 Å². The molecule has 1 atom stereocenters. The Morgan fingerprint density at radius 2 is 2.20 bits per heavy atom. The SMILES string of the molecule is CCCC1CNC(C)(C)CN1Cc1cccc(OC)c1. The summed E-state index contributed by atoms with van der Waals surface area (Å²) in [7, 11) is 1.73. The predicted octanol–water partition coefficient (Wildman–Crippen LogP) is 3.05. The summed E-state index contributed by atoms with van der Waals surface area (Å²) < 4.78 is 5.33. The Bertz CT molecular complexity index is 431. The number of nitrogens with zero attached hydrogens (tertiary/aromatic N) is 1. The monoisotopic (exact) mass is 276 g/mol. The average molecular weight is 276 g/mol. The molecule has 1 fully saturated rings. The van der Waals surface area contributed by atoms with Crippen molar-refractivity contribution in [3.8, 4) is 5.75 Å². The summed E-state index contributed by atoms with van der Waals surface area (Å²) >= 11 is 0. The number of rotatable bonds is 5. The van der Waals surface area contributed by atoms with E-state index < -0.39 is 0 Å². The number of ether oxygens (including phenoxy) is 1. The van der Waals surface area contributed by atoms with E-state index in [1.807, 2.05) is 6.07 Å². The fourth-order valence-electron chi connectivity index (χ4n) is 3.02. The van der Waals surface area contributed by atoms with Gasteiger partial charge >= 0.3 is 0 Å². The number of benzene rings is 1. The molecule has 1 aromatic rings. The molecule has 0 saturated carbocycles. The fourth-order valence-corrected chi connectivity index (χ4v) is 3.02. The number of nitrogens with one attached hydrogen (secondary N) is 1. The fraction of sp³-hybridized carbons (Fsp3) is 0.647. The standard InChI is InChI=1S/C17H28N2O/c1-5-7-15-11-18-17(2,3)13-19(15)12-14-8-6-9-16(10-14)20-4/h6,8-10,15,18H,5,7,11-13H2,1-4H3. The van der Waals surface area contributed by atoms with Crippen LogP contribution in [-0.4, -0.2) is 36.7 Å². The number of hydrogen-bond acceptors (Lipinski definition) is 3. The molecule has 112 valence electrons. The minimum atomic E-state index is 0.198. The van der Waals surface area contributed by atoms with Gasteiger partial charge in [-0.2, -0.15) is 0 Å². The summed E-state index contributed by atoms with van der Waals surface area (Å²) in [6.07, 6.45) is 2.49. The molecule has 1 N–H and O–H groups in total. The molecular formula is C17H28N2O. The molecule has 0 aromatic heterocycles. The van der Waals surface area contributed by atoms with Crippen LogP contribution in [0.3, 0.4) is 0 Å². The van der Waals surface area contributed by atoms with E-state index in [0.29, 0.717) is 6.04 Å². The van der Waals surface area contributed by atoms with Crippen LogP contribution in [0.4, 0.5) is 0 Å². The summed E-state index contributed by atoms with van der Waals surface area (Å²) in [5, 5.41) is 3.67. The van der Waals surface area contributed by atoms with Gasteiger partial charge in [0.25, 0.3) is 0 Å². The van der Waals surface area contributed by atoms with Crippen LogP contribution >= 0.6 is 0 Å². The highest BCUT2D eigenvalue weighted by Gasteiger charge is 2.31. The first-order valence-electron chi connectivity index (χ1n) is 7.66. The molecule has 2 rings (SSSR count). The van der Waals surface area contributed by atoms with Crippen molar-refractivity contribution >= 4 is 0 Å². The second-order valence-corrected chi connectivity index (χ2v) is 6.46. The third-order valence-electron chi connectivity index (χ3n) is 4.07. The van der Waals surface area contributed by atoms with Gasteiger partial charge in [0.15, 0.2) is 0 Å². The Hall–Kier alpha value is -1.06. The molecule has 1 aliphatic rings. The lowest BCUT2D eigenvalue weighted by Crippen LogP contribution is -2.61. The zero-order chi connectivity index (χ0) is 14.6. The van der Waals surface area contributed by atoms with E-state index >= 15 is 0 Å². The summed E-state index contributed by atoms with van der Waals surface area (Å²) in [4.78, 5) is 2.62. The van der Waals surface area contributed by atoms with Gasteiger partial charge < -0.3 is 10.1 Å². The van der Waals surface area contributed by atoms with Gasteiger partial charge in [-0.3, -0.25) is 4.90 Å². The molecule has 3 nitrogen and oxygen atoms in total. The van der Waals surface area contributed by atoms with Crippen molar-refractivity contribution in [2.45, 2.75) is 51.7 Å². The van der Waals surface area contributed by atoms with Crippen LogP contribution in [0.5, 0.6) is 5.75 Å². The molecule has 0 radical (unpaired) electrons. The van der Waals surface area contributed by atoms with Gasteiger partial charge in [0.05, 0.1) is 7.11 Å². The molecular weight excluding hydrogens is 248 g/mol. The van der Waals surface area contributed by atoms with Crippen molar-refractivity contribution in [3.63, 3.8) is 0 Å². The summed E-state index contributed by atoms with van der Waals surface area (Å²) in [5.74, 6) is 0.948. The second-order valence-electron chi connectivity index (χ2n) is 6.46. The molecule has 1 heterocycles. The quantitative estimate of drug-likeness (QED) is 0.894. The normalized spacial score (nSPS) is 22.7. The van der Waals surface area contributed by atoms with Crippen molar-refractivity contribution in [3.05, 3.63) is 29.8 Å². The molecule has 3 heteroatoms. The first kappa shape index (κ1) is 15.3. The molecule has 1 aliphatic heterocycles. The Morgan fingerprint density at radius 1 is 1.40 bits per heavy atom. The Kier molecular flexibility index (Phi) is 5.06. The van der Waals surface area contributed by atoms with Gasteiger partial charge in [-0.1, -0.05) is 25.5 Å². The van der Waals surface area contributed by atoms with Crippen LogP contribution in [-0.2, 0) is 6.54 Å². The van der Waals surface area contributed by atoms with E-state index in [1.165, 1.54) is 18.4 Å². The zero-order valence-electron chi connectivity index (χ0n) is 13.3. The number of hydrogen-bond donors (Lipinski definition) is 1. The molecule has 0 spiro atoms. The number of methoxy groups -OCH3 is 1. The predicted molar refractivity (Wildman–Crippen MR) is 84.2 cm³/mol. The van der Waals surface area contributed by atoms with Crippen LogP contribution in [0.15, 0.2) is 24.3 Å². The Morgan fingerprint density at radius 3 is 2.90 bits per heavy atom. The average Bonchev–Trinajstić information content (AvgIpc) is 2.42. The maximum absolute atomic E-state index is 5.33. The van der Waals surface area contributed by atoms with E-state index in [4.69, 9.17) is 4.74 Å². The van der Waals surface area contributed by atoms with Gasteiger partial charge in [-0.15, -0.1) is 0 Å². The molecule has 0 bridgehead atoms. The number of piperazine rings is 1. The van der Waals surface area contributed by atoms with Crippen LogP contribution < -0.4 is 10.1 Å². The van der Waals surface area contributed by atoms with Crippen LogP contribution in [0.1, 0.15) is 39.2 Å². The first-order valence-corrected chi connectivity index (χ1v) is 7.66. The Balaban J connectivity index is 2.09. The third kappa shape index (κ3) is 3.97. The Labute approximate surface area is 123 Å². The molecule has 1 saturated heterocycles. The largest absolute Gasteiger partial charge is 0.497 e. The third-order valence-corrected chi connectivity index (χ3v) is 4.07. The zero-order valence-corrected chi connectivity index (χ0v) is 13.3. The van der Waals surface area contributed by atoms with E-state index in [1.54, 1.807) is 7.11 Å². The lowest BCUT2D eigenvalue weighted by Gasteiger charge is -2.44. The summed E-state index contributed by atoms with van der Waals surface area (Å²) in [6, 6.07) is 9.07. The smallest absolute Gasteiger partial charge is 0.119 e. The first-order chi connectivity index (χ1) is 9.54. The molecule has 1 aromatic carbocycles. The van der Waals surface area contributed by atoms with Crippen LogP contribution in [0.25, 0.3) is 0 Å². The minimum absolute atomic E-state index is 0.198. The molecule has 0 aliphatic carbocycles. The van der Waals surface area contributed by atoms with Crippen molar-refractivity contribution in [1.82, 2.24) is 10.2 Å².